The molecule has 0 atom stereocenters. The van der Waals surface area contributed by atoms with E-state index >= 15 is 0 Å². The van der Waals surface area contributed by atoms with Gasteiger partial charge in [0.1, 0.15) is 0 Å². The molecule has 0 saturated heterocycles. The predicted molar refractivity (Wildman–Crippen MR) is 55.1 cm³/mol. The molecule has 0 aromatic heterocycles. The number of urea groups is 1. The van der Waals surface area contributed by atoms with Crippen molar-refractivity contribution in [3.8, 4) is 0 Å². The van der Waals surface area contributed by atoms with Gasteiger partial charge < -0.3 is 11.1 Å². The predicted octanol–water partition coefficient (Wildman–Crippen LogP) is 2.30. The van der Waals surface area contributed by atoms with Gasteiger partial charge in [0.05, 0.1) is 0 Å². The summed E-state index contributed by atoms with van der Waals surface area (Å²) in [6, 6.07) is -0.516. The second kappa shape index (κ2) is 6.29. The minimum absolute atomic E-state index is 0.516. The van der Waals surface area contributed by atoms with Crippen LogP contribution in [0.4, 0.5) is 4.79 Å². The Hall–Kier alpha value is -1.25. The zero-order valence-electron chi connectivity index (χ0n) is 8.55. The van der Waals surface area contributed by atoms with Crippen molar-refractivity contribution in [2.75, 3.05) is 0 Å². The Balaban J connectivity index is 4.40. The number of allylic oxidation sites excluding steroid dienone is 3. The van der Waals surface area contributed by atoms with Crippen LogP contribution in [0.1, 0.15) is 33.6 Å². The molecule has 0 fully saturated rings. The fourth-order valence-corrected chi connectivity index (χ4v) is 0.996. The third-order valence-corrected chi connectivity index (χ3v) is 1.85. The molecule has 0 spiro atoms. The van der Waals surface area contributed by atoms with Crippen LogP contribution in [0.3, 0.4) is 0 Å². The van der Waals surface area contributed by atoms with Crippen LogP contribution >= 0.6 is 0 Å². The molecular weight excluding hydrogens is 164 g/mol. The molecule has 74 valence electrons. The number of hydrogen-bond donors (Lipinski definition) is 2. The van der Waals surface area contributed by atoms with Gasteiger partial charge in [-0.15, -0.1) is 0 Å². The lowest BCUT2D eigenvalue weighted by Gasteiger charge is -2.06. The molecule has 0 aliphatic carbocycles. The van der Waals surface area contributed by atoms with Crippen LogP contribution in [0.2, 0.25) is 0 Å². The average Bonchev–Trinajstić information content (AvgIpc) is 2.10. The number of carbonyl (C=O) groups excluding carboxylic acids is 1. The summed E-state index contributed by atoms with van der Waals surface area (Å²) in [7, 11) is 0. The first-order chi connectivity index (χ1) is 6.11. The van der Waals surface area contributed by atoms with Gasteiger partial charge >= 0.3 is 6.03 Å². The SMILES string of the molecule is C/C=C(C)\C(=C\NC(N)=O)CCC. The van der Waals surface area contributed by atoms with Gasteiger partial charge in [-0.1, -0.05) is 25.0 Å². The third kappa shape index (κ3) is 5.06. The molecule has 3 heteroatoms. The fraction of sp³-hybridized carbons (Fsp3) is 0.500. The Morgan fingerprint density at radius 3 is 2.54 bits per heavy atom. The minimum Gasteiger partial charge on any atom is -0.351 e. The monoisotopic (exact) mass is 182 g/mol. The van der Waals surface area contributed by atoms with E-state index in [4.69, 9.17) is 5.73 Å². The molecule has 0 saturated carbocycles. The van der Waals surface area contributed by atoms with E-state index < -0.39 is 6.03 Å². The van der Waals surface area contributed by atoms with Crippen molar-refractivity contribution in [2.45, 2.75) is 33.6 Å². The second-order valence-corrected chi connectivity index (χ2v) is 2.90. The van der Waals surface area contributed by atoms with Crippen molar-refractivity contribution in [3.63, 3.8) is 0 Å². The number of hydrogen-bond acceptors (Lipinski definition) is 1. The Bertz CT molecular complexity index is 229. The lowest BCUT2D eigenvalue weighted by Crippen LogP contribution is -2.24. The molecule has 0 aliphatic heterocycles. The normalized spacial score (nSPS) is 12.8. The van der Waals surface area contributed by atoms with E-state index in [0.29, 0.717) is 0 Å². The first kappa shape index (κ1) is 11.8. The largest absolute Gasteiger partial charge is 0.351 e. The standard InChI is InChI=1S/C10H18N2O/c1-4-6-9(8(3)5-2)7-12-10(11)13/h5,7H,4,6H2,1-3H3,(H3,11,12,13)/b8-5-,9-7+. The number of nitrogens with two attached hydrogens (primary N) is 1. The lowest BCUT2D eigenvalue weighted by atomic mass is 10.0. The highest BCUT2D eigenvalue weighted by Gasteiger charge is 1.98. The maximum absolute atomic E-state index is 10.5. The molecule has 3 N–H and O–H groups in total. The van der Waals surface area contributed by atoms with Crippen LogP contribution < -0.4 is 11.1 Å². The van der Waals surface area contributed by atoms with Crippen molar-refractivity contribution in [2.24, 2.45) is 5.73 Å². The summed E-state index contributed by atoms with van der Waals surface area (Å²) >= 11 is 0. The molecular formula is C10H18N2O. The van der Waals surface area contributed by atoms with Crippen LogP contribution in [0, 0.1) is 0 Å². The zero-order chi connectivity index (χ0) is 10.3. The zero-order valence-corrected chi connectivity index (χ0v) is 8.55. The Morgan fingerprint density at radius 1 is 1.54 bits per heavy atom. The van der Waals surface area contributed by atoms with Gasteiger partial charge in [-0.25, -0.2) is 4.79 Å². The molecule has 0 unspecified atom stereocenters. The van der Waals surface area contributed by atoms with E-state index in [-0.39, 0.29) is 0 Å². The minimum atomic E-state index is -0.516. The second-order valence-electron chi connectivity index (χ2n) is 2.90. The molecule has 0 aromatic rings. The summed E-state index contributed by atoms with van der Waals surface area (Å²) in [4.78, 5) is 10.5. The molecule has 0 bridgehead atoms. The highest BCUT2D eigenvalue weighted by Crippen LogP contribution is 2.13. The molecule has 0 heterocycles. The molecule has 13 heavy (non-hydrogen) atoms. The van der Waals surface area contributed by atoms with E-state index in [0.717, 1.165) is 18.4 Å². The van der Waals surface area contributed by atoms with E-state index in [1.54, 1.807) is 6.20 Å². The summed E-state index contributed by atoms with van der Waals surface area (Å²) in [5, 5.41) is 2.48. The van der Waals surface area contributed by atoms with Crippen LogP contribution in [0.5, 0.6) is 0 Å². The van der Waals surface area contributed by atoms with Crippen molar-refractivity contribution < 1.29 is 4.79 Å². The van der Waals surface area contributed by atoms with E-state index in [2.05, 4.69) is 12.2 Å². The van der Waals surface area contributed by atoms with Crippen molar-refractivity contribution in [3.05, 3.63) is 23.4 Å². The Morgan fingerprint density at radius 2 is 2.15 bits per heavy atom. The van der Waals surface area contributed by atoms with Gasteiger partial charge in [0.25, 0.3) is 0 Å². The quantitative estimate of drug-likeness (QED) is 0.644. The van der Waals surface area contributed by atoms with Crippen LogP contribution in [-0.2, 0) is 0 Å². The number of rotatable bonds is 4. The molecule has 0 rings (SSSR count). The maximum Gasteiger partial charge on any atom is 0.316 e. The first-order valence-corrected chi connectivity index (χ1v) is 4.50. The highest BCUT2D eigenvalue weighted by molar-refractivity contribution is 5.72. The number of carbonyl (C=O) groups is 1. The number of nitrogens with one attached hydrogen (secondary N) is 1. The summed E-state index contributed by atoms with van der Waals surface area (Å²) in [5.41, 5.74) is 7.27. The van der Waals surface area contributed by atoms with Gasteiger partial charge in [0.2, 0.25) is 0 Å². The number of primary amides is 1. The van der Waals surface area contributed by atoms with Crippen LogP contribution in [-0.4, -0.2) is 6.03 Å². The summed E-state index contributed by atoms with van der Waals surface area (Å²) in [5.74, 6) is 0. The molecule has 3 nitrogen and oxygen atoms in total. The van der Waals surface area contributed by atoms with Gasteiger partial charge in [0, 0.05) is 6.20 Å². The average molecular weight is 182 g/mol. The lowest BCUT2D eigenvalue weighted by molar-refractivity contribution is 0.252. The van der Waals surface area contributed by atoms with Gasteiger partial charge in [-0.3, -0.25) is 0 Å². The summed E-state index contributed by atoms with van der Waals surface area (Å²) < 4.78 is 0. The summed E-state index contributed by atoms with van der Waals surface area (Å²) in [6.45, 7) is 6.09. The molecule has 2 amide bonds. The van der Waals surface area contributed by atoms with Gasteiger partial charge in [-0.2, -0.15) is 0 Å². The van der Waals surface area contributed by atoms with E-state index in [1.165, 1.54) is 5.57 Å². The van der Waals surface area contributed by atoms with Crippen molar-refractivity contribution in [1.29, 1.82) is 0 Å². The van der Waals surface area contributed by atoms with Gasteiger partial charge in [0.15, 0.2) is 0 Å². The van der Waals surface area contributed by atoms with Crippen molar-refractivity contribution >= 4 is 6.03 Å². The Labute approximate surface area is 79.7 Å². The molecule has 0 aromatic carbocycles. The summed E-state index contributed by atoms with van der Waals surface area (Å²) in [6.07, 6.45) is 5.71. The maximum atomic E-state index is 10.5. The smallest absolute Gasteiger partial charge is 0.316 e. The topological polar surface area (TPSA) is 55.1 Å². The fourth-order valence-electron chi connectivity index (χ4n) is 0.996. The Kier molecular flexibility index (Phi) is 5.68. The first-order valence-electron chi connectivity index (χ1n) is 4.50. The van der Waals surface area contributed by atoms with Crippen LogP contribution in [0.25, 0.3) is 0 Å². The third-order valence-electron chi connectivity index (χ3n) is 1.85. The van der Waals surface area contributed by atoms with Crippen molar-refractivity contribution in [1.82, 2.24) is 5.32 Å². The van der Waals surface area contributed by atoms with E-state index in [1.807, 2.05) is 19.9 Å². The van der Waals surface area contributed by atoms with Gasteiger partial charge in [-0.05, 0) is 25.8 Å². The number of amides is 2. The van der Waals surface area contributed by atoms with E-state index in [9.17, 15) is 4.79 Å². The molecule has 0 aliphatic rings. The van der Waals surface area contributed by atoms with Crippen LogP contribution in [0.15, 0.2) is 23.4 Å². The molecule has 0 radical (unpaired) electrons. The highest BCUT2D eigenvalue weighted by atomic mass is 16.2.